The molecule has 5 rings (SSSR count). The van der Waals surface area contributed by atoms with E-state index in [0.29, 0.717) is 5.56 Å². The van der Waals surface area contributed by atoms with Gasteiger partial charge in [0.2, 0.25) is 5.82 Å². The molecular weight excluding hydrogens is 427 g/mol. The lowest BCUT2D eigenvalue weighted by Gasteiger charge is -2.20. The number of para-hydroxylation sites is 1. The van der Waals surface area contributed by atoms with Crippen LogP contribution in [-0.4, -0.2) is 27.9 Å². The first kappa shape index (κ1) is 19.6. The molecule has 0 spiro atoms. The van der Waals surface area contributed by atoms with Crippen molar-refractivity contribution in [3.63, 3.8) is 0 Å². The number of halogens is 3. The van der Waals surface area contributed by atoms with E-state index >= 15 is 0 Å². The lowest BCUT2D eigenvalue weighted by Crippen LogP contribution is -2.26. The molecule has 6 nitrogen and oxygen atoms in total. The van der Waals surface area contributed by atoms with E-state index in [2.05, 4.69) is 19.9 Å². The van der Waals surface area contributed by atoms with Crippen molar-refractivity contribution in [1.82, 2.24) is 15.0 Å². The molecule has 1 aliphatic rings. The first-order chi connectivity index (χ1) is 14.8. The van der Waals surface area contributed by atoms with E-state index in [1.807, 2.05) is 35.7 Å². The van der Waals surface area contributed by atoms with E-state index in [1.165, 1.54) is 11.3 Å². The molecule has 0 saturated heterocycles. The van der Waals surface area contributed by atoms with Crippen molar-refractivity contribution < 1.29 is 17.9 Å². The van der Waals surface area contributed by atoms with Crippen LogP contribution >= 0.6 is 11.3 Å². The average Bonchev–Trinajstić information content (AvgIpc) is 3.39. The maximum absolute atomic E-state index is 13.0. The van der Waals surface area contributed by atoms with E-state index in [4.69, 9.17) is 10.5 Å². The Morgan fingerprint density at radius 1 is 1.26 bits per heavy atom. The number of rotatable bonds is 3. The minimum atomic E-state index is -4.61. The Labute approximate surface area is 178 Å². The quantitative estimate of drug-likeness (QED) is 0.480. The molecular formula is C21H16F3N5OS. The smallest absolute Gasteiger partial charge is 0.451 e. The Bertz CT molecular complexity index is 1320. The van der Waals surface area contributed by atoms with E-state index in [0.717, 1.165) is 39.0 Å². The fourth-order valence-corrected chi connectivity index (χ4v) is 4.62. The second-order valence-electron chi connectivity index (χ2n) is 7.13. The lowest BCUT2D eigenvalue weighted by atomic mass is 10.0. The minimum Gasteiger partial charge on any atom is -0.495 e. The number of H-pyrrole nitrogens is 1. The van der Waals surface area contributed by atoms with Crippen LogP contribution in [0.4, 0.5) is 13.2 Å². The van der Waals surface area contributed by atoms with Crippen molar-refractivity contribution in [2.75, 3.05) is 7.11 Å². The predicted octanol–water partition coefficient (Wildman–Crippen LogP) is 4.72. The van der Waals surface area contributed by atoms with Crippen molar-refractivity contribution in [2.24, 2.45) is 10.7 Å². The van der Waals surface area contributed by atoms with Gasteiger partial charge in [-0.3, -0.25) is 4.99 Å². The molecule has 0 amide bonds. The zero-order valence-corrected chi connectivity index (χ0v) is 17.0. The van der Waals surface area contributed by atoms with Crippen LogP contribution < -0.4 is 10.5 Å². The van der Waals surface area contributed by atoms with Crippen LogP contribution in [-0.2, 0) is 12.6 Å². The number of benzene rings is 1. The van der Waals surface area contributed by atoms with Gasteiger partial charge in [0.15, 0.2) is 0 Å². The van der Waals surface area contributed by atoms with Crippen LogP contribution in [0.5, 0.6) is 5.75 Å². The molecule has 0 aliphatic carbocycles. The molecule has 158 valence electrons. The Morgan fingerprint density at radius 2 is 2.10 bits per heavy atom. The third-order valence-electron chi connectivity index (χ3n) is 5.18. The van der Waals surface area contributed by atoms with Gasteiger partial charge in [-0.15, -0.1) is 11.3 Å². The number of aliphatic imine (C=N–C) groups is 1. The molecule has 0 radical (unpaired) electrons. The topological polar surface area (TPSA) is 89.2 Å². The number of nitrogens with zero attached hydrogens (tertiary/aromatic N) is 3. The Morgan fingerprint density at radius 3 is 2.87 bits per heavy atom. The third-order valence-corrected chi connectivity index (χ3v) is 6.21. The maximum atomic E-state index is 13.0. The summed E-state index contributed by atoms with van der Waals surface area (Å²) in [5, 5.41) is 3.00. The summed E-state index contributed by atoms with van der Waals surface area (Å²) in [5.41, 5.74) is 9.38. The van der Waals surface area contributed by atoms with Crippen LogP contribution in [0, 0.1) is 0 Å². The number of methoxy groups -OCH3 is 1. The minimum absolute atomic E-state index is 0.144. The summed E-state index contributed by atoms with van der Waals surface area (Å²) in [5.74, 6) is -0.274. The molecule has 1 aliphatic heterocycles. The first-order valence-corrected chi connectivity index (χ1v) is 10.2. The van der Waals surface area contributed by atoms with Crippen LogP contribution in [0.3, 0.4) is 0 Å². The van der Waals surface area contributed by atoms with Crippen molar-refractivity contribution in [3.05, 3.63) is 63.9 Å². The predicted molar refractivity (Wildman–Crippen MR) is 112 cm³/mol. The van der Waals surface area contributed by atoms with Crippen LogP contribution in [0.25, 0.3) is 22.2 Å². The molecule has 3 N–H and O–H groups in total. The van der Waals surface area contributed by atoms with Gasteiger partial charge in [-0.1, -0.05) is 12.1 Å². The molecule has 0 fully saturated rings. The summed E-state index contributed by atoms with van der Waals surface area (Å²) in [6, 6.07) is 9.40. The molecule has 1 aromatic carbocycles. The van der Waals surface area contributed by atoms with Crippen molar-refractivity contribution in [2.45, 2.75) is 18.6 Å². The standard InChI is InChI=1S/C21H16F3N5OS/c1-30-16-4-2-3-10-5-13(27-18(10)16)11-6-17(31-9-11)15-7-14-12(19(25)28-15)8-26-20(29-14)21(22,23)24/h2-6,8-9,15,27H,7H2,1H3,(H2,25,28). The van der Waals surface area contributed by atoms with E-state index in [1.54, 1.807) is 7.11 Å². The fraction of sp³-hybridized carbons (Fsp3) is 0.190. The van der Waals surface area contributed by atoms with Crippen molar-refractivity contribution >= 4 is 28.1 Å². The Kier molecular flexibility index (Phi) is 4.47. The number of hydrogen-bond donors (Lipinski definition) is 2. The van der Waals surface area contributed by atoms with Gasteiger partial charge in [0, 0.05) is 39.5 Å². The highest BCUT2D eigenvalue weighted by molar-refractivity contribution is 7.10. The second kappa shape index (κ2) is 7.09. The molecule has 3 aromatic heterocycles. The monoisotopic (exact) mass is 443 g/mol. The highest BCUT2D eigenvalue weighted by Crippen LogP contribution is 2.37. The van der Waals surface area contributed by atoms with Crippen molar-refractivity contribution in [1.29, 1.82) is 0 Å². The van der Waals surface area contributed by atoms with Crippen LogP contribution in [0.1, 0.15) is 28.0 Å². The normalized spacial score (nSPS) is 16.3. The molecule has 1 unspecified atom stereocenters. The molecule has 4 aromatic rings. The Balaban J connectivity index is 1.48. The van der Waals surface area contributed by atoms with Gasteiger partial charge in [0.05, 0.1) is 29.9 Å². The van der Waals surface area contributed by atoms with Gasteiger partial charge in [-0.25, -0.2) is 9.97 Å². The van der Waals surface area contributed by atoms with E-state index in [-0.39, 0.29) is 18.0 Å². The SMILES string of the molecule is COc1cccc2cc(-c3csc(C4Cc5nc(C(F)(F)F)ncc5C(N)=N4)c3)[nH]c12. The number of aromatic amines is 1. The summed E-state index contributed by atoms with van der Waals surface area (Å²) in [6.45, 7) is 0. The van der Waals surface area contributed by atoms with Crippen molar-refractivity contribution in [3.8, 4) is 17.0 Å². The zero-order valence-electron chi connectivity index (χ0n) is 16.2. The number of nitrogens with one attached hydrogen (secondary N) is 1. The highest BCUT2D eigenvalue weighted by Gasteiger charge is 2.36. The molecule has 1 atom stereocenters. The summed E-state index contributed by atoms with van der Waals surface area (Å²) >= 11 is 1.48. The third kappa shape index (κ3) is 3.42. The van der Waals surface area contributed by atoms with E-state index in [9.17, 15) is 13.2 Å². The zero-order chi connectivity index (χ0) is 21.8. The largest absolute Gasteiger partial charge is 0.495 e. The molecule has 0 saturated carbocycles. The summed E-state index contributed by atoms with van der Waals surface area (Å²) in [7, 11) is 1.62. The lowest BCUT2D eigenvalue weighted by molar-refractivity contribution is -0.145. The van der Waals surface area contributed by atoms with Crippen LogP contribution in [0.15, 0.2) is 46.9 Å². The first-order valence-electron chi connectivity index (χ1n) is 9.35. The van der Waals surface area contributed by atoms with Gasteiger partial charge >= 0.3 is 6.18 Å². The average molecular weight is 443 g/mol. The fourth-order valence-electron chi connectivity index (χ4n) is 3.68. The number of fused-ring (bicyclic) bond motifs is 2. The Hall–Kier alpha value is -3.40. The summed E-state index contributed by atoms with van der Waals surface area (Å²) < 4.78 is 44.4. The van der Waals surface area contributed by atoms with Gasteiger partial charge < -0.3 is 15.5 Å². The molecule has 10 heteroatoms. The summed E-state index contributed by atoms with van der Waals surface area (Å²) in [6.07, 6.45) is -3.29. The second-order valence-corrected chi connectivity index (χ2v) is 8.07. The van der Waals surface area contributed by atoms with Gasteiger partial charge in [-0.2, -0.15) is 13.2 Å². The maximum Gasteiger partial charge on any atom is 0.451 e. The number of alkyl halides is 3. The van der Waals surface area contributed by atoms with E-state index < -0.39 is 18.0 Å². The number of aromatic nitrogens is 3. The number of amidine groups is 1. The summed E-state index contributed by atoms with van der Waals surface area (Å²) in [4.78, 5) is 15.8. The molecule has 0 bridgehead atoms. The number of thiophene rings is 1. The van der Waals surface area contributed by atoms with Crippen LogP contribution in [0.2, 0.25) is 0 Å². The highest BCUT2D eigenvalue weighted by atomic mass is 32.1. The number of ether oxygens (including phenoxy) is 1. The molecule has 31 heavy (non-hydrogen) atoms. The van der Waals surface area contributed by atoms with Gasteiger partial charge in [-0.05, 0) is 18.2 Å². The number of hydrogen-bond acceptors (Lipinski definition) is 6. The van der Waals surface area contributed by atoms with Gasteiger partial charge in [0.25, 0.3) is 0 Å². The van der Waals surface area contributed by atoms with Gasteiger partial charge in [0.1, 0.15) is 11.6 Å². The molecule has 4 heterocycles. The number of nitrogens with two attached hydrogens (primary N) is 1.